The van der Waals surface area contributed by atoms with Gasteiger partial charge in [-0.3, -0.25) is 0 Å². The van der Waals surface area contributed by atoms with Crippen molar-refractivity contribution >= 4 is 0 Å². The van der Waals surface area contributed by atoms with Crippen molar-refractivity contribution in [3.8, 4) is 0 Å². The van der Waals surface area contributed by atoms with Crippen LogP contribution in [0.4, 0.5) is 0 Å². The molecule has 0 aromatic carbocycles. The molecule has 9 heavy (non-hydrogen) atoms. The highest BCUT2D eigenvalue weighted by atomic mass is 16.5. The van der Waals surface area contributed by atoms with Crippen molar-refractivity contribution in [2.24, 2.45) is 11.5 Å². The monoisotopic (exact) mass is 124 g/mol. The molecule has 0 amide bonds. The van der Waals surface area contributed by atoms with Gasteiger partial charge in [0.15, 0.2) is 5.76 Å². The van der Waals surface area contributed by atoms with Crippen LogP contribution in [-0.4, -0.2) is 0 Å². The number of hydrogen-bond acceptors (Lipinski definition) is 3. The Kier molecular flexibility index (Phi) is 1.44. The maximum absolute atomic E-state index is 5.21. The molecule has 0 aromatic heterocycles. The summed E-state index contributed by atoms with van der Waals surface area (Å²) >= 11 is 0. The van der Waals surface area contributed by atoms with E-state index in [0.29, 0.717) is 5.76 Å². The van der Waals surface area contributed by atoms with Crippen LogP contribution in [0.2, 0.25) is 0 Å². The standard InChI is InChI=1S/C6H8N2O/c7-6(8)5-3-1-2-4-9-5/h1-4H,7-8H2. The van der Waals surface area contributed by atoms with E-state index in [2.05, 4.69) is 0 Å². The molecule has 0 aliphatic carbocycles. The summed E-state index contributed by atoms with van der Waals surface area (Å²) in [7, 11) is 0. The van der Waals surface area contributed by atoms with Gasteiger partial charge < -0.3 is 16.2 Å². The zero-order chi connectivity index (χ0) is 6.69. The summed E-state index contributed by atoms with van der Waals surface area (Å²) in [5, 5.41) is 0. The summed E-state index contributed by atoms with van der Waals surface area (Å²) in [4.78, 5) is 0. The topological polar surface area (TPSA) is 61.3 Å². The van der Waals surface area contributed by atoms with E-state index < -0.39 is 0 Å². The molecule has 4 N–H and O–H groups in total. The normalized spacial score (nSPS) is 15.3. The Labute approximate surface area is 53.3 Å². The van der Waals surface area contributed by atoms with Gasteiger partial charge in [0.25, 0.3) is 0 Å². The smallest absolute Gasteiger partial charge is 0.165 e. The third-order valence-corrected chi connectivity index (χ3v) is 0.917. The maximum atomic E-state index is 5.21. The Morgan fingerprint density at radius 3 is 2.44 bits per heavy atom. The highest BCUT2D eigenvalue weighted by molar-refractivity contribution is 5.23. The molecular formula is C6H8N2O. The average molecular weight is 124 g/mol. The van der Waals surface area contributed by atoms with Crippen molar-refractivity contribution in [1.82, 2.24) is 0 Å². The van der Waals surface area contributed by atoms with E-state index in [0.717, 1.165) is 0 Å². The Balaban J connectivity index is 2.78. The van der Waals surface area contributed by atoms with Crippen LogP contribution in [0.15, 0.2) is 36.1 Å². The van der Waals surface area contributed by atoms with Gasteiger partial charge in [-0.1, -0.05) is 6.08 Å². The number of ether oxygens (including phenoxy) is 1. The van der Waals surface area contributed by atoms with Gasteiger partial charge in [0.2, 0.25) is 0 Å². The van der Waals surface area contributed by atoms with Crippen LogP contribution in [0, 0.1) is 0 Å². The summed E-state index contributed by atoms with van der Waals surface area (Å²) in [6.07, 6.45) is 6.79. The summed E-state index contributed by atoms with van der Waals surface area (Å²) < 4.78 is 4.90. The van der Waals surface area contributed by atoms with Gasteiger partial charge in [0.1, 0.15) is 5.82 Å². The van der Waals surface area contributed by atoms with E-state index in [1.165, 1.54) is 6.26 Å². The lowest BCUT2D eigenvalue weighted by Crippen LogP contribution is -2.12. The molecule has 0 aromatic rings. The average Bonchev–Trinajstić information content (AvgIpc) is 1.90. The zero-order valence-corrected chi connectivity index (χ0v) is 4.87. The van der Waals surface area contributed by atoms with Crippen molar-refractivity contribution < 1.29 is 4.74 Å². The molecule has 0 radical (unpaired) electrons. The van der Waals surface area contributed by atoms with Gasteiger partial charge in [0, 0.05) is 0 Å². The molecule has 0 fully saturated rings. The third-order valence-electron chi connectivity index (χ3n) is 0.917. The summed E-state index contributed by atoms with van der Waals surface area (Å²) in [5.74, 6) is 0.716. The molecule has 3 nitrogen and oxygen atoms in total. The largest absolute Gasteiger partial charge is 0.461 e. The maximum Gasteiger partial charge on any atom is 0.165 e. The van der Waals surface area contributed by atoms with Crippen molar-refractivity contribution in [2.75, 3.05) is 0 Å². The molecule has 1 aliphatic heterocycles. The lowest BCUT2D eigenvalue weighted by molar-refractivity contribution is 0.358. The molecule has 0 saturated heterocycles. The second-order valence-corrected chi connectivity index (χ2v) is 1.63. The second kappa shape index (κ2) is 2.26. The summed E-state index contributed by atoms with van der Waals surface area (Å²) in [5.41, 5.74) is 10.4. The molecule has 3 heteroatoms. The quantitative estimate of drug-likeness (QED) is 0.484. The summed E-state index contributed by atoms with van der Waals surface area (Å²) in [6.45, 7) is 0. The number of rotatable bonds is 0. The first-order valence-corrected chi connectivity index (χ1v) is 2.56. The van der Waals surface area contributed by atoms with E-state index >= 15 is 0 Å². The Bertz CT molecular complexity index is 187. The Morgan fingerprint density at radius 1 is 1.33 bits per heavy atom. The SMILES string of the molecule is NC(N)=C1C=CC=CO1. The van der Waals surface area contributed by atoms with Gasteiger partial charge in [0.05, 0.1) is 6.26 Å². The van der Waals surface area contributed by atoms with Crippen molar-refractivity contribution in [3.05, 3.63) is 36.1 Å². The molecule has 48 valence electrons. The van der Waals surface area contributed by atoms with E-state index in [1.54, 1.807) is 18.2 Å². The first-order chi connectivity index (χ1) is 4.30. The second-order valence-electron chi connectivity index (χ2n) is 1.63. The van der Waals surface area contributed by atoms with Crippen LogP contribution in [0.3, 0.4) is 0 Å². The molecule has 0 unspecified atom stereocenters. The predicted octanol–water partition coefficient (Wildman–Crippen LogP) is 0.173. The first-order valence-electron chi connectivity index (χ1n) is 2.56. The number of hydrogen-bond donors (Lipinski definition) is 2. The molecule has 0 atom stereocenters. The van der Waals surface area contributed by atoms with Crippen molar-refractivity contribution in [2.45, 2.75) is 0 Å². The highest BCUT2D eigenvalue weighted by Gasteiger charge is 1.96. The number of nitrogens with two attached hydrogens (primary N) is 2. The molecule has 1 aliphatic rings. The number of allylic oxidation sites excluding steroid dienone is 3. The molecule has 0 bridgehead atoms. The minimum absolute atomic E-state index is 0.204. The Morgan fingerprint density at radius 2 is 2.11 bits per heavy atom. The van der Waals surface area contributed by atoms with E-state index in [4.69, 9.17) is 16.2 Å². The molecule has 1 rings (SSSR count). The van der Waals surface area contributed by atoms with Crippen LogP contribution in [0.1, 0.15) is 0 Å². The molecular weight excluding hydrogens is 116 g/mol. The molecule has 1 heterocycles. The van der Waals surface area contributed by atoms with Gasteiger partial charge >= 0.3 is 0 Å². The van der Waals surface area contributed by atoms with Gasteiger partial charge in [-0.05, 0) is 12.2 Å². The Hall–Kier alpha value is -1.38. The third kappa shape index (κ3) is 1.25. The van der Waals surface area contributed by atoms with Crippen molar-refractivity contribution in [1.29, 1.82) is 0 Å². The zero-order valence-electron chi connectivity index (χ0n) is 4.87. The van der Waals surface area contributed by atoms with Gasteiger partial charge in [-0.15, -0.1) is 0 Å². The van der Waals surface area contributed by atoms with E-state index in [1.807, 2.05) is 0 Å². The van der Waals surface area contributed by atoms with Crippen LogP contribution in [0.25, 0.3) is 0 Å². The van der Waals surface area contributed by atoms with Crippen LogP contribution in [-0.2, 0) is 4.74 Å². The lowest BCUT2D eigenvalue weighted by atomic mass is 10.4. The van der Waals surface area contributed by atoms with E-state index in [-0.39, 0.29) is 5.82 Å². The molecule has 0 spiro atoms. The van der Waals surface area contributed by atoms with Crippen LogP contribution >= 0.6 is 0 Å². The van der Waals surface area contributed by atoms with E-state index in [9.17, 15) is 0 Å². The fourth-order valence-electron chi connectivity index (χ4n) is 0.504. The predicted molar refractivity (Wildman–Crippen MR) is 34.8 cm³/mol. The van der Waals surface area contributed by atoms with Crippen LogP contribution in [0.5, 0.6) is 0 Å². The van der Waals surface area contributed by atoms with Crippen molar-refractivity contribution in [3.63, 3.8) is 0 Å². The highest BCUT2D eigenvalue weighted by Crippen LogP contribution is 2.05. The van der Waals surface area contributed by atoms with Gasteiger partial charge in [-0.2, -0.15) is 0 Å². The summed E-state index contributed by atoms with van der Waals surface area (Å²) in [6, 6.07) is 0. The van der Waals surface area contributed by atoms with Crippen LogP contribution < -0.4 is 11.5 Å². The first kappa shape index (κ1) is 5.75. The molecule has 0 saturated carbocycles. The minimum atomic E-state index is 0.204. The lowest BCUT2D eigenvalue weighted by Gasteiger charge is -2.04. The minimum Gasteiger partial charge on any atom is -0.461 e. The fraction of sp³-hybridized carbons (Fsp3) is 0. The fourth-order valence-corrected chi connectivity index (χ4v) is 0.504. The van der Waals surface area contributed by atoms with Gasteiger partial charge in [-0.25, -0.2) is 0 Å².